The minimum absolute atomic E-state index is 0.243. The van der Waals surface area contributed by atoms with E-state index in [1.807, 2.05) is 0 Å². The molecule has 1 aliphatic rings. The summed E-state index contributed by atoms with van der Waals surface area (Å²) in [6.07, 6.45) is 6.02. The number of anilines is 3. The molecule has 4 rings (SSSR count). The monoisotopic (exact) mass is 479 g/mol. The fourth-order valence-corrected chi connectivity index (χ4v) is 4.34. The van der Waals surface area contributed by atoms with Gasteiger partial charge in [0.15, 0.2) is 6.29 Å². The fourth-order valence-electron chi connectivity index (χ4n) is 3.94. The molecule has 0 N–H and O–H groups in total. The van der Waals surface area contributed by atoms with Gasteiger partial charge in [0, 0.05) is 28.0 Å². The average molecular weight is 480 g/mol. The van der Waals surface area contributed by atoms with Crippen molar-refractivity contribution in [3.05, 3.63) is 90.0 Å². The van der Waals surface area contributed by atoms with Gasteiger partial charge in [-0.2, -0.15) is 0 Å². The van der Waals surface area contributed by atoms with Crippen molar-refractivity contribution in [2.75, 3.05) is 23.4 Å². The van der Waals surface area contributed by atoms with Gasteiger partial charge in [-0.25, -0.2) is 0 Å². The Bertz CT molecular complexity index is 906. The van der Waals surface area contributed by atoms with Crippen LogP contribution in [0.15, 0.2) is 78.9 Å². The van der Waals surface area contributed by atoms with Crippen LogP contribution >= 0.6 is 15.9 Å². The van der Waals surface area contributed by atoms with E-state index in [0.29, 0.717) is 13.2 Å². The maximum absolute atomic E-state index is 5.64. The van der Waals surface area contributed by atoms with Crippen LogP contribution in [0, 0.1) is 0 Å². The normalized spacial score (nSPS) is 14.1. The summed E-state index contributed by atoms with van der Waals surface area (Å²) in [6.45, 7) is 1.32. The lowest BCUT2D eigenvalue weighted by Crippen LogP contribution is -2.10. The van der Waals surface area contributed by atoms with Gasteiger partial charge in [-0.15, -0.1) is 0 Å². The first-order valence-corrected chi connectivity index (χ1v) is 12.3. The largest absolute Gasteiger partial charge is 0.346 e. The molecular weight excluding hydrogens is 450 g/mol. The van der Waals surface area contributed by atoms with Crippen molar-refractivity contribution in [3.8, 4) is 0 Å². The van der Waals surface area contributed by atoms with Crippen molar-refractivity contribution in [1.82, 2.24) is 0 Å². The molecule has 0 spiro atoms. The summed E-state index contributed by atoms with van der Waals surface area (Å²) in [5, 5.41) is 1.11. The lowest BCUT2D eigenvalue weighted by Gasteiger charge is -2.26. The van der Waals surface area contributed by atoms with Gasteiger partial charge in [-0.05, 0) is 61.2 Å². The van der Waals surface area contributed by atoms with E-state index in [-0.39, 0.29) is 6.29 Å². The third kappa shape index (κ3) is 5.97. The summed E-state index contributed by atoms with van der Waals surface area (Å²) in [7, 11) is 0. The Labute approximate surface area is 194 Å². The Kier molecular flexibility index (Phi) is 8.17. The predicted octanol–water partition coefficient (Wildman–Crippen LogP) is 7.70. The number of nitrogens with zero attached hydrogens (tertiary/aromatic N) is 1. The zero-order chi connectivity index (χ0) is 21.3. The zero-order valence-corrected chi connectivity index (χ0v) is 19.5. The molecule has 0 aliphatic carbocycles. The average Bonchev–Trinajstić information content (AvgIpc) is 3.36. The number of hydrogen-bond acceptors (Lipinski definition) is 3. The van der Waals surface area contributed by atoms with E-state index < -0.39 is 0 Å². The minimum Gasteiger partial charge on any atom is -0.346 e. The van der Waals surface area contributed by atoms with Crippen molar-refractivity contribution in [2.45, 2.75) is 38.4 Å². The lowest BCUT2D eigenvalue weighted by molar-refractivity contribution is -0.0441. The molecule has 4 heteroatoms. The Hall–Kier alpha value is -2.14. The van der Waals surface area contributed by atoms with Crippen LogP contribution in [0.25, 0.3) is 0 Å². The van der Waals surface area contributed by atoms with E-state index in [4.69, 9.17) is 9.47 Å². The van der Waals surface area contributed by atoms with E-state index in [1.165, 1.54) is 31.2 Å². The highest BCUT2D eigenvalue weighted by Gasteiger charge is 2.19. The second kappa shape index (κ2) is 11.5. The minimum atomic E-state index is -0.243. The van der Waals surface area contributed by atoms with E-state index in [2.05, 4.69) is 99.7 Å². The molecule has 0 atom stereocenters. The maximum atomic E-state index is 5.64. The van der Waals surface area contributed by atoms with Crippen LogP contribution in [-0.4, -0.2) is 18.5 Å². The number of ether oxygens (including phenoxy) is 2. The van der Waals surface area contributed by atoms with Gasteiger partial charge in [0.25, 0.3) is 0 Å². The molecule has 162 valence electrons. The summed E-state index contributed by atoms with van der Waals surface area (Å²) in [6, 6.07) is 28.0. The van der Waals surface area contributed by atoms with E-state index >= 15 is 0 Å². The van der Waals surface area contributed by atoms with E-state index in [0.717, 1.165) is 34.4 Å². The SMILES string of the molecule is BrCCCCCCc1ccc(N(c2ccccc2)c2ccc(C3OCCO3)cc2)cc1. The third-order valence-electron chi connectivity index (χ3n) is 5.60. The second-order valence-electron chi connectivity index (χ2n) is 7.86. The van der Waals surface area contributed by atoms with Crippen LogP contribution in [0.5, 0.6) is 0 Å². The molecule has 1 aliphatic heterocycles. The predicted molar refractivity (Wildman–Crippen MR) is 132 cm³/mol. The molecule has 31 heavy (non-hydrogen) atoms. The Morgan fingerprint density at radius 1 is 0.677 bits per heavy atom. The van der Waals surface area contributed by atoms with Crippen LogP contribution in [0.1, 0.15) is 43.1 Å². The number of aryl methyl sites for hydroxylation is 1. The number of hydrogen-bond donors (Lipinski definition) is 0. The van der Waals surface area contributed by atoms with Crippen LogP contribution in [-0.2, 0) is 15.9 Å². The molecular formula is C27H30BrNO2. The van der Waals surface area contributed by atoms with Gasteiger partial charge in [-0.3, -0.25) is 0 Å². The molecule has 3 aromatic carbocycles. The molecule has 0 saturated carbocycles. The maximum Gasteiger partial charge on any atom is 0.184 e. The summed E-state index contributed by atoms with van der Waals surface area (Å²) >= 11 is 3.51. The van der Waals surface area contributed by atoms with Gasteiger partial charge in [0.1, 0.15) is 0 Å². The van der Waals surface area contributed by atoms with Gasteiger partial charge < -0.3 is 14.4 Å². The molecule has 1 saturated heterocycles. The third-order valence-corrected chi connectivity index (χ3v) is 6.16. The van der Waals surface area contributed by atoms with Gasteiger partial charge in [0.05, 0.1) is 13.2 Å². The molecule has 1 heterocycles. The molecule has 0 aromatic heterocycles. The van der Waals surface area contributed by atoms with Crippen molar-refractivity contribution in [3.63, 3.8) is 0 Å². The Balaban J connectivity index is 1.52. The van der Waals surface area contributed by atoms with Crippen molar-refractivity contribution in [1.29, 1.82) is 0 Å². The first-order chi connectivity index (χ1) is 15.3. The second-order valence-corrected chi connectivity index (χ2v) is 8.65. The molecule has 1 fully saturated rings. The Morgan fingerprint density at radius 2 is 1.26 bits per heavy atom. The smallest absolute Gasteiger partial charge is 0.184 e. The summed E-state index contributed by atoms with van der Waals surface area (Å²) in [5.74, 6) is 0. The first kappa shape index (κ1) is 22.1. The van der Waals surface area contributed by atoms with Crippen LogP contribution in [0.4, 0.5) is 17.1 Å². The highest BCUT2D eigenvalue weighted by Crippen LogP contribution is 2.35. The highest BCUT2D eigenvalue weighted by molar-refractivity contribution is 9.09. The van der Waals surface area contributed by atoms with Crippen LogP contribution in [0.2, 0.25) is 0 Å². The molecule has 3 nitrogen and oxygen atoms in total. The molecule has 0 radical (unpaired) electrons. The number of rotatable bonds is 10. The van der Waals surface area contributed by atoms with Gasteiger partial charge in [0.2, 0.25) is 0 Å². The number of benzene rings is 3. The van der Waals surface area contributed by atoms with Gasteiger partial charge in [-0.1, -0.05) is 71.2 Å². The first-order valence-electron chi connectivity index (χ1n) is 11.2. The van der Waals surface area contributed by atoms with Crippen LogP contribution in [0.3, 0.4) is 0 Å². The summed E-state index contributed by atoms with van der Waals surface area (Å²) in [5.41, 5.74) is 5.89. The topological polar surface area (TPSA) is 21.7 Å². The molecule has 0 amide bonds. The quantitative estimate of drug-likeness (QED) is 0.219. The number of halogens is 1. The molecule has 3 aromatic rings. The highest BCUT2D eigenvalue weighted by atomic mass is 79.9. The number of para-hydroxylation sites is 1. The van der Waals surface area contributed by atoms with Gasteiger partial charge >= 0.3 is 0 Å². The number of alkyl halides is 1. The fraction of sp³-hybridized carbons (Fsp3) is 0.333. The summed E-state index contributed by atoms with van der Waals surface area (Å²) < 4.78 is 11.3. The molecule has 0 bridgehead atoms. The Morgan fingerprint density at radius 3 is 1.90 bits per heavy atom. The zero-order valence-electron chi connectivity index (χ0n) is 17.9. The van der Waals surface area contributed by atoms with E-state index in [9.17, 15) is 0 Å². The lowest BCUT2D eigenvalue weighted by atomic mass is 10.1. The number of unbranched alkanes of at least 4 members (excludes halogenated alkanes) is 3. The van der Waals surface area contributed by atoms with Crippen molar-refractivity contribution < 1.29 is 9.47 Å². The van der Waals surface area contributed by atoms with E-state index in [1.54, 1.807) is 0 Å². The van der Waals surface area contributed by atoms with Crippen molar-refractivity contribution in [2.24, 2.45) is 0 Å². The van der Waals surface area contributed by atoms with Crippen molar-refractivity contribution >= 4 is 33.0 Å². The summed E-state index contributed by atoms with van der Waals surface area (Å²) in [4.78, 5) is 2.29. The molecule has 0 unspecified atom stereocenters. The standard InChI is InChI=1S/C27H30BrNO2/c28-19-7-2-1-4-8-22-11-15-25(16-12-22)29(24-9-5-3-6-10-24)26-17-13-23(14-18-26)27-30-20-21-31-27/h3,5-6,9-18,27H,1-2,4,7-8,19-21H2. The van der Waals surface area contributed by atoms with Crippen LogP contribution < -0.4 is 4.90 Å².